The van der Waals surface area contributed by atoms with Gasteiger partial charge in [0, 0.05) is 10.6 Å². The lowest BCUT2D eigenvalue weighted by Crippen LogP contribution is -2.38. The van der Waals surface area contributed by atoms with Crippen LogP contribution in [0.3, 0.4) is 0 Å². The fourth-order valence-corrected chi connectivity index (χ4v) is 4.22. The molecule has 2 heterocycles. The number of nitrogens with zero attached hydrogens (tertiary/aromatic N) is 3. The quantitative estimate of drug-likeness (QED) is 0.454. The van der Waals surface area contributed by atoms with Crippen LogP contribution in [0.2, 0.25) is 10.0 Å². The summed E-state index contributed by atoms with van der Waals surface area (Å²) < 4.78 is 5.29. The Morgan fingerprint density at radius 1 is 1.07 bits per heavy atom. The molecule has 5 nitrogen and oxygen atoms in total. The van der Waals surface area contributed by atoms with Gasteiger partial charge < -0.3 is 4.74 Å². The summed E-state index contributed by atoms with van der Waals surface area (Å²) in [6, 6.07) is 18.9. The highest BCUT2D eigenvalue weighted by molar-refractivity contribution is 7.10. The molecule has 29 heavy (non-hydrogen) atoms. The summed E-state index contributed by atoms with van der Waals surface area (Å²) in [5.41, 5.74) is 1.55. The summed E-state index contributed by atoms with van der Waals surface area (Å²) in [5, 5.41) is 9.31. The Bertz CT molecular complexity index is 1040. The number of hydrogen-bond donors (Lipinski definition) is 0. The molecule has 1 aliphatic heterocycles. The van der Waals surface area contributed by atoms with E-state index in [2.05, 4.69) is 5.10 Å². The second-order valence-corrected chi connectivity index (χ2v) is 7.98. The smallest absolute Gasteiger partial charge is 0.376 e. The first-order valence-electron chi connectivity index (χ1n) is 8.98. The van der Waals surface area contributed by atoms with E-state index in [0.29, 0.717) is 15.7 Å². The van der Waals surface area contributed by atoms with E-state index in [1.165, 1.54) is 0 Å². The number of anilines is 2. The van der Waals surface area contributed by atoms with Gasteiger partial charge in [0.1, 0.15) is 0 Å². The normalized spacial score (nSPS) is 16.1. The van der Waals surface area contributed by atoms with Crippen LogP contribution in [0.5, 0.6) is 0 Å². The van der Waals surface area contributed by atoms with Crippen LogP contribution in [0.15, 0.2) is 71.1 Å². The van der Waals surface area contributed by atoms with Gasteiger partial charge in [-0.05, 0) is 48.7 Å². The molecule has 0 saturated carbocycles. The predicted molar refractivity (Wildman–Crippen MR) is 119 cm³/mol. The van der Waals surface area contributed by atoms with E-state index in [4.69, 9.17) is 27.9 Å². The van der Waals surface area contributed by atoms with Crippen LogP contribution in [0.1, 0.15) is 18.0 Å². The molecule has 148 valence electrons. The summed E-state index contributed by atoms with van der Waals surface area (Å²) in [6.07, 6.45) is -0.367. The minimum absolute atomic E-state index is 0.187. The molecular weight excluding hydrogens is 429 g/mol. The van der Waals surface area contributed by atoms with Crippen molar-refractivity contribution >= 4 is 57.7 Å². The maximum atomic E-state index is 12.8. The summed E-state index contributed by atoms with van der Waals surface area (Å²) in [5.74, 6) is -0.314. The summed E-state index contributed by atoms with van der Waals surface area (Å²) in [4.78, 5) is 15.6. The molecule has 3 aromatic rings. The van der Waals surface area contributed by atoms with Gasteiger partial charge in [-0.1, -0.05) is 47.5 Å². The average molecular weight is 446 g/mol. The third kappa shape index (κ3) is 3.83. The van der Waals surface area contributed by atoms with Gasteiger partial charge in [0.15, 0.2) is 6.17 Å². The number of rotatable bonds is 5. The maximum absolute atomic E-state index is 12.8. The van der Waals surface area contributed by atoms with Crippen molar-refractivity contribution < 1.29 is 9.53 Å². The third-order valence-corrected chi connectivity index (χ3v) is 6.02. The number of carbonyl (C=O) groups excluding carboxylic acids is 1. The lowest BCUT2D eigenvalue weighted by atomic mass is 10.2. The Morgan fingerprint density at radius 3 is 2.52 bits per heavy atom. The molecule has 0 N–H and O–H groups in total. The highest BCUT2D eigenvalue weighted by Gasteiger charge is 2.41. The molecule has 1 atom stereocenters. The van der Waals surface area contributed by atoms with Crippen LogP contribution in [-0.2, 0) is 9.53 Å². The zero-order valence-corrected chi connectivity index (χ0v) is 17.8. The van der Waals surface area contributed by atoms with Crippen LogP contribution < -0.4 is 9.91 Å². The molecule has 0 amide bonds. The van der Waals surface area contributed by atoms with E-state index in [0.717, 1.165) is 10.6 Å². The second-order valence-electron chi connectivity index (χ2n) is 6.18. The number of hydrogen-bond acceptors (Lipinski definition) is 6. The number of esters is 1. The van der Waals surface area contributed by atoms with Gasteiger partial charge in [0.2, 0.25) is 5.84 Å². The van der Waals surface area contributed by atoms with E-state index in [9.17, 15) is 4.79 Å². The number of amidine groups is 1. The fraction of sp³-hybridized carbons (Fsp3) is 0.143. The first-order valence-corrected chi connectivity index (χ1v) is 10.6. The Morgan fingerprint density at radius 2 is 1.86 bits per heavy atom. The molecule has 8 heteroatoms. The number of hydrazone groups is 1. The first-order chi connectivity index (χ1) is 14.1. The molecule has 0 saturated heterocycles. The maximum Gasteiger partial charge on any atom is 0.376 e. The minimum atomic E-state index is -0.501. The molecule has 1 aliphatic rings. The Balaban J connectivity index is 1.88. The van der Waals surface area contributed by atoms with E-state index < -0.39 is 5.97 Å². The molecule has 0 spiro atoms. The molecule has 0 radical (unpaired) electrons. The first kappa shape index (κ1) is 19.8. The number of para-hydroxylation sites is 1. The zero-order valence-electron chi connectivity index (χ0n) is 15.5. The van der Waals surface area contributed by atoms with Gasteiger partial charge in [0.25, 0.3) is 0 Å². The summed E-state index contributed by atoms with van der Waals surface area (Å²) >= 11 is 14.0. The molecule has 0 unspecified atom stereocenters. The van der Waals surface area contributed by atoms with Gasteiger partial charge in [-0.15, -0.1) is 16.4 Å². The molecule has 0 bridgehead atoms. The predicted octanol–water partition coefficient (Wildman–Crippen LogP) is 5.96. The van der Waals surface area contributed by atoms with Crippen molar-refractivity contribution in [3.8, 4) is 0 Å². The monoisotopic (exact) mass is 445 g/mol. The summed E-state index contributed by atoms with van der Waals surface area (Å²) in [6.45, 7) is 2.02. The van der Waals surface area contributed by atoms with Crippen LogP contribution in [0, 0.1) is 0 Å². The minimum Gasteiger partial charge on any atom is -0.460 e. The van der Waals surface area contributed by atoms with Crippen LogP contribution in [-0.4, -0.2) is 18.4 Å². The molecule has 0 fully saturated rings. The number of thiophene rings is 1. The van der Waals surface area contributed by atoms with Crippen molar-refractivity contribution in [1.29, 1.82) is 0 Å². The van der Waals surface area contributed by atoms with Crippen molar-refractivity contribution in [3.05, 3.63) is 81.0 Å². The van der Waals surface area contributed by atoms with Crippen molar-refractivity contribution in [2.75, 3.05) is 16.5 Å². The second kappa shape index (κ2) is 8.45. The van der Waals surface area contributed by atoms with Gasteiger partial charge in [-0.2, -0.15) is 0 Å². The molecule has 0 aliphatic carbocycles. The van der Waals surface area contributed by atoms with E-state index in [1.54, 1.807) is 30.4 Å². The fourth-order valence-electron chi connectivity index (χ4n) is 3.13. The zero-order chi connectivity index (χ0) is 20.4. The van der Waals surface area contributed by atoms with Crippen LogP contribution >= 0.6 is 34.5 Å². The lowest BCUT2D eigenvalue weighted by molar-refractivity contribution is -0.135. The molecule has 4 rings (SSSR count). The highest BCUT2D eigenvalue weighted by atomic mass is 35.5. The molecular formula is C21H17Cl2N3O2S. The Kier molecular flexibility index (Phi) is 5.76. The van der Waals surface area contributed by atoms with E-state index in [-0.39, 0.29) is 18.6 Å². The SMILES string of the molecule is CCOC(=O)C1=NN(c2ccccc2)[C@H](c2cccs2)N1c1ccc(Cl)c(Cl)c1. The number of ether oxygens (including phenoxy) is 1. The number of halogens is 2. The number of benzene rings is 2. The topological polar surface area (TPSA) is 45.1 Å². The standard InChI is InChI=1S/C21H17Cl2N3O2S/c1-2-28-21(27)19-24-26(14-7-4-3-5-8-14)20(18-9-6-12-29-18)25(19)15-10-11-16(22)17(23)13-15/h3-13,20H,2H2,1H3/t20-/m1/s1. The lowest BCUT2D eigenvalue weighted by Gasteiger charge is -2.31. The average Bonchev–Trinajstić information content (AvgIpc) is 3.38. The largest absolute Gasteiger partial charge is 0.460 e. The third-order valence-electron chi connectivity index (χ3n) is 4.36. The Labute approximate surface area is 182 Å². The molecule has 1 aromatic heterocycles. The van der Waals surface area contributed by atoms with Crippen molar-refractivity contribution in [1.82, 2.24) is 0 Å². The molecule has 2 aromatic carbocycles. The highest BCUT2D eigenvalue weighted by Crippen LogP contribution is 2.41. The number of carbonyl (C=O) groups is 1. The van der Waals surface area contributed by atoms with Crippen molar-refractivity contribution in [2.45, 2.75) is 13.1 Å². The Hall–Kier alpha value is -2.54. The van der Waals surface area contributed by atoms with Crippen LogP contribution in [0.25, 0.3) is 0 Å². The van der Waals surface area contributed by atoms with Gasteiger partial charge in [-0.25, -0.2) is 9.80 Å². The van der Waals surface area contributed by atoms with Crippen molar-refractivity contribution in [2.24, 2.45) is 5.10 Å². The van der Waals surface area contributed by atoms with Gasteiger partial charge in [0.05, 0.1) is 22.3 Å². The van der Waals surface area contributed by atoms with E-state index >= 15 is 0 Å². The van der Waals surface area contributed by atoms with Crippen molar-refractivity contribution in [3.63, 3.8) is 0 Å². The van der Waals surface area contributed by atoms with Gasteiger partial charge in [-0.3, -0.25) is 4.90 Å². The summed E-state index contributed by atoms with van der Waals surface area (Å²) in [7, 11) is 0. The van der Waals surface area contributed by atoms with E-state index in [1.807, 2.05) is 63.8 Å². The van der Waals surface area contributed by atoms with Gasteiger partial charge >= 0.3 is 5.97 Å². The van der Waals surface area contributed by atoms with Crippen LogP contribution in [0.4, 0.5) is 11.4 Å².